The number of benzene rings is 1. The summed E-state index contributed by atoms with van der Waals surface area (Å²) in [5.41, 5.74) is 3.75. The molecule has 0 saturated heterocycles. The van der Waals surface area contributed by atoms with Crippen molar-refractivity contribution in [3.8, 4) is 11.8 Å². The van der Waals surface area contributed by atoms with Crippen LogP contribution in [-0.4, -0.2) is 15.8 Å². The van der Waals surface area contributed by atoms with Gasteiger partial charge in [-0.2, -0.15) is 0 Å². The maximum Gasteiger partial charge on any atom is 0.138 e. The first kappa shape index (κ1) is 13.1. The first-order valence-electron chi connectivity index (χ1n) is 6.75. The molecule has 0 aliphatic rings. The van der Waals surface area contributed by atoms with Gasteiger partial charge in [-0.05, 0) is 36.8 Å². The van der Waals surface area contributed by atoms with Crippen LogP contribution < -0.4 is 0 Å². The summed E-state index contributed by atoms with van der Waals surface area (Å²) in [6, 6.07) is 11.7. The molecular formula is C18H14N2O. The van der Waals surface area contributed by atoms with Crippen LogP contribution in [0.3, 0.4) is 0 Å². The van der Waals surface area contributed by atoms with E-state index in [0.717, 1.165) is 27.7 Å². The maximum absolute atomic E-state index is 11.1. The van der Waals surface area contributed by atoms with Crippen molar-refractivity contribution in [1.82, 2.24) is 9.97 Å². The molecule has 0 fully saturated rings. The highest BCUT2D eigenvalue weighted by molar-refractivity contribution is 5.82. The average Bonchev–Trinajstić information content (AvgIpc) is 2.95. The predicted molar refractivity (Wildman–Crippen MR) is 82.9 cm³/mol. The van der Waals surface area contributed by atoms with E-state index >= 15 is 0 Å². The van der Waals surface area contributed by atoms with Gasteiger partial charge in [0.2, 0.25) is 0 Å². The van der Waals surface area contributed by atoms with Crippen LogP contribution in [0.15, 0.2) is 48.8 Å². The van der Waals surface area contributed by atoms with Crippen molar-refractivity contribution in [1.29, 1.82) is 0 Å². The number of hydrogen-bond acceptors (Lipinski definition) is 2. The molecule has 0 amide bonds. The molecule has 0 spiro atoms. The molecule has 3 aromatic rings. The summed E-state index contributed by atoms with van der Waals surface area (Å²) in [6.07, 6.45) is 4.08. The molecule has 21 heavy (non-hydrogen) atoms. The zero-order chi connectivity index (χ0) is 14.7. The second kappa shape index (κ2) is 5.64. The minimum Gasteiger partial charge on any atom is -0.346 e. The van der Waals surface area contributed by atoms with Gasteiger partial charge in [0.15, 0.2) is 0 Å². The van der Waals surface area contributed by atoms with Crippen LogP contribution in [0.4, 0.5) is 0 Å². The number of carbonyl (C=O) groups is 1. The Kier molecular flexibility index (Phi) is 3.53. The summed E-state index contributed by atoms with van der Waals surface area (Å²) in [5.74, 6) is 6.49. The van der Waals surface area contributed by atoms with Gasteiger partial charge >= 0.3 is 0 Å². The van der Waals surface area contributed by atoms with Crippen LogP contribution in [0.5, 0.6) is 0 Å². The highest BCUT2D eigenvalue weighted by Gasteiger charge is 2.00. The fraction of sp³-hybridized carbons (Fsp3) is 0.111. The molecule has 3 rings (SSSR count). The van der Waals surface area contributed by atoms with E-state index in [1.165, 1.54) is 0 Å². The van der Waals surface area contributed by atoms with Crippen LogP contribution >= 0.6 is 0 Å². The standard InChI is InChI=1S/C18H14N2O/c1-13(21)12-15-4-2-14(3-5-15)6-7-16-8-10-19-18-17(16)9-11-20-18/h2-5,8-11H,12H2,1H3,(H,19,20). The topological polar surface area (TPSA) is 45.8 Å². The highest BCUT2D eigenvalue weighted by Crippen LogP contribution is 2.14. The van der Waals surface area contributed by atoms with Crippen molar-refractivity contribution in [3.63, 3.8) is 0 Å². The van der Waals surface area contributed by atoms with Gasteiger partial charge in [-0.1, -0.05) is 24.0 Å². The second-order valence-electron chi connectivity index (χ2n) is 4.92. The lowest BCUT2D eigenvalue weighted by Gasteiger charge is -1.97. The van der Waals surface area contributed by atoms with Crippen LogP contribution in [0, 0.1) is 11.8 Å². The number of ketones is 1. The third-order valence-electron chi connectivity index (χ3n) is 3.21. The molecule has 0 unspecified atom stereocenters. The summed E-state index contributed by atoms with van der Waals surface area (Å²) < 4.78 is 0. The molecule has 3 nitrogen and oxygen atoms in total. The van der Waals surface area contributed by atoms with E-state index in [1.807, 2.05) is 42.6 Å². The van der Waals surface area contributed by atoms with Gasteiger partial charge in [-0.15, -0.1) is 0 Å². The number of Topliss-reactive ketones (excluding diaryl/α,β-unsaturated/α-hetero) is 1. The summed E-state index contributed by atoms with van der Waals surface area (Å²) in [7, 11) is 0. The molecule has 102 valence electrons. The van der Waals surface area contributed by atoms with E-state index in [4.69, 9.17) is 0 Å². The monoisotopic (exact) mass is 274 g/mol. The fourth-order valence-corrected chi connectivity index (χ4v) is 2.20. The number of H-pyrrole nitrogens is 1. The highest BCUT2D eigenvalue weighted by atomic mass is 16.1. The van der Waals surface area contributed by atoms with E-state index in [0.29, 0.717) is 6.42 Å². The lowest BCUT2D eigenvalue weighted by atomic mass is 10.1. The fourth-order valence-electron chi connectivity index (χ4n) is 2.20. The van der Waals surface area contributed by atoms with Crippen LogP contribution in [0.1, 0.15) is 23.6 Å². The zero-order valence-corrected chi connectivity index (χ0v) is 11.7. The summed E-state index contributed by atoms with van der Waals surface area (Å²) in [5, 5.41) is 1.03. The number of nitrogens with zero attached hydrogens (tertiary/aromatic N) is 1. The number of aromatic amines is 1. The number of aromatic nitrogens is 2. The van der Waals surface area contributed by atoms with Crippen molar-refractivity contribution in [3.05, 3.63) is 65.5 Å². The normalized spacial score (nSPS) is 10.1. The average molecular weight is 274 g/mol. The minimum absolute atomic E-state index is 0.167. The molecule has 1 N–H and O–H groups in total. The van der Waals surface area contributed by atoms with Gasteiger partial charge in [0, 0.05) is 35.3 Å². The molecule has 0 radical (unpaired) electrons. The number of hydrogen-bond donors (Lipinski definition) is 1. The number of nitrogens with one attached hydrogen (secondary N) is 1. The lowest BCUT2D eigenvalue weighted by molar-refractivity contribution is -0.116. The van der Waals surface area contributed by atoms with Crippen molar-refractivity contribution in [2.24, 2.45) is 0 Å². The molecule has 0 saturated carbocycles. The van der Waals surface area contributed by atoms with Crippen LogP contribution in [0.2, 0.25) is 0 Å². The first-order chi connectivity index (χ1) is 10.2. The number of carbonyl (C=O) groups excluding carboxylic acids is 1. The zero-order valence-electron chi connectivity index (χ0n) is 11.7. The van der Waals surface area contributed by atoms with Gasteiger partial charge < -0.3 is 4.98 Å². The van der Waals surface area contributed by atoms with Gasteiger partial charge in [0.05, 0.1) is 0 Å². The third kappa shape index (κ3) is 3.01. The summed E-state index contributed by atoms with van der Waals surface area (Å²) in [6.45, 7) is 1.60. The molecule has 0 aliphatic heterocycles. The summed E-state index contributed by atoms with van der Waals surface area (Å²) in [4.78, 5) is 18.4. The van der Waals surface area contributed by atoms with Gasteiger partial charge in [-0.3, -0.25) is 4.79 Å². The predicted octanol–water partition coefficient (Wildman–Crippen LogP) is 3.09. The van der Waals surface area contributed by atoms with Crippen LogP contribution in [-0.2, 0) is 11.2 Å². The van der Waals surface area contributed by atoms with Gasteiger partial charge in [-0.25, -0.2) is 4.98 Å². The van der Waals surface area contributed by atoms with Crippen molar-refractivity contribution in [2.75, 3.05) is 0 Å². The van der Waals surface area contributed by atoms with Crippen molar-refractivity contribution < 1.29 is 4.79 Å². The molecule has 1 aromatic carbocycles. The second-order valence-corrected chi connectivity index (χ2v) is 4.92. The van der Waals surface area contributed by atoms with Gasteiger partial charge in [0.1, 0.15) is 11.4 Å². The van der Waals surface area contributed by atoms with E-state index < -0.39 is 0 Å². The smallest absolute Gasteiger partial charge is 0.138 e. The van der Waals surface area contributed by atoms with E-state index in [-0.39, 0.29) is 5.78 Å². The SMILES string of the molecule is CC(=O)Cc1ccc(C#Cc2ccnc3[nH]ccc23)cc1. The Morgan fingerprint density at radius 3 is 2.71 bits per heavy atom. The summed E-state index contributed by atoms with van der Waals surface area (Å²) >= 11 is 0. The van der Waals surface area contributed by atoms with E-state index in [1.54, 1.807) is 13.1 Å². The Labute approximate surface area is 123 Å². The molecule has 2 aromatic heterocycles. The Morgan fingerprint density at radius 1 is 1.14 bits per heavy atom. The van der Waals surface area contributed by atoms with Crippen molar-refractivity contribution in [2.45, 2.75) is 13.3 Å². The first-order valence-corrected chi connectivity index (χ1v) is 6.75. The number of fused-ring (bicyclic) bond motifs is 1. The van der Waals surface area contributed by atoms with E-state index in [2.05, 4.69) is 21.8 Å². The Bertz CT molecular complexity index is 848. The molecular weight excluding hydrogens is 260 g/mol. The molecule has 0 bridgehead atoms. The van der Waals surface area contributed by atoms with Crippen molar-refractivity contribution >= 4 is 16.8 Å². The lowest BCUT2D eigenvalue weighted by Crippen LogP contribution is -1.95. The Morgan fingerprint density at radius 2 is 1.95 bits per heavy atom. The minimum atomic E-state index is 0.167. The molecule has 3 heteroatoms. The Balaban J connectivity index is 1.87. The number of rotatable bonds is 2. The van der Waals surface area contributed by atoms with E-state index in [9.17, 15) is 4.79 Å². The van der Waals surface area contributed by atoms with Crippen LogP contribution in [0.25, 0.3) is 11.0 Å². The Hall–Kier alpha value is -2.86. The largest absolute Gasteiger partial charge is 0.346 e. The maximum atomic E-state index is 11.1. The van der Waals surface area contributed by atoms with Gasteiger partial charge in [0.25, 0.3) is 0 Å². The molecule has 0 atom stereocenters. The quantitative estimate of drug-likeness (QED) is 0.730. The third-order valence-corrected chi connectivity index (χ3v) is 3.21. The number of pyridine rings is 1. The molecule has 2 heterocycles. The molecule has 0 aliphatic carbocycles.